The summed E-state index contributed by atoms with van der Waals surface area (Å²) in [4.78, 5) is 14.2. The molecule has 1 aliphatic rings. The highest BCUT2D eigenvalue weighted by atomic mass is 16.1. The minimum atomic E-state index is 0.0896. The molecule has 0 aliphatic carbocycles. The minimum absolute atomic E-state index is 0.0896. The van der Waals surface area contributed by atoms with Gasteiger partial charge in [0.2, 0.25) is 5.91 Å². The van der Waals surface area contributed by atoms with Crippen molar-refractivity contribution in [2.45, 2.75) is 25.8 Å². The molecule has 0 radical (unpaired) electrons. The molecule has 1 aliphatic heterocycles. The minimum Gasteiger partial charge on any atom is -0.359 e. The van der Waals surface area contributed by atoms with Crippen LogP contribution in [0.5, 0.6) is 0 Å². The van der Waals surface area contributed by atoms with Gasteiger partial charge in [0.05, 0.1) is 5.92 Å². The number of benzene rings is 1. The van der Waals surface area contributed by atoms with Crippen LogP contribution in [0.1, 0.15) is 30.0 Å². The van der Waals surface area contributed by atoms with Crippen molar-refractivity contribution in [1.29, 1.82) is 0 Å². The predicted octanol–water partition coefficient (Wildman–Crippen LogP) is 1.45. The quantitative estimate of drug-likeness (QED) is 0.874. The molecule has 1 heterocycles. The number of nitrogens with two attached hydrogens (primary N) is 1. The maximum atomic E-state index is 11.9. The highest BCUT2D eigenvalue weighted by molar-refractivity contribution is 5.78. The molecule has 3 N–H and O–H groups in total. The Balaban J connectivity index is 2.15. The fourth-order valence-corrected chi connectivity index (χ4v) is 3.14. The Kier molecular flexibility index (Phi) is 5.15. The van der Waals surface area contributed by atoms with Crippen molar-refractivity contribution in [2.24, 2.45) is 11.7 Å². The van der Waals surface area contributed by atoms with Crippen LogP contribution in [0.25, 0.3) is 0 Å². The molecule has 1 aromatic carbocycles. The molecule has 1 fully saturated rings. The second-order valence-corrected chi connectivity index (χ2v) is 5.56. The van der Waals surface area contributed by atoms with Crippen molar-refractivity contribution in [3.63, 3.8) is 0 Å². The molecule has 4 heteroatoms. The summed E-state index contributed by atoms with van der Waals surface area (Å²) in [6.45, 7) is 4.53. The first-order valence-corrected chi connectivity index (χ1v) is 7.38. The van der Waals surface area contributed by atoms with Crippen molar-refractivity contribution in [3.05, 3.63) is 35.4 Å². The first-order chi connectivity index (χ1) is 9.67. The van der Waals surface area contributed by atoms with Gasteiger partial charge in [0.1, 0.15) is 0 Å². The molecular formula is C16H25N3O. The van der Waals surface area contributed by atoms with E-state index >= 15 is 0 Å². The van der Waals surface area contributed by atoms with Crippen molar-refractivity contribution >= 4 is 5.91 Å². The first-order valence-electron chi connectivity index (χ1n) is 7.38. The van der Waals surface area contributed by atoms with Gasteiger partial charge in [-0.05, 0) is 37.4 Å². The van der Waals surface area contributed by atoms with Crippen LogP contribution in [0.4, 0.5) is 0 Å². The molecule has 1 aromatic rings. The molecule has 0 bridgehead atoms. The highest BCUT2D eigenvalue weighted by Crippen LogP contribution is 2.28. The zero-order valence-electron chi connectivity index (χ0n) is 12.4. The average Bonchev–Trinajstić information content (AvgIpc) is 2.49. The third-order valence-corrected chi connectivity index (χ3v) is 4.28. The number of carbonyl (C=O) groups excluding carboxylic acids is 1. The number of piperidine rings is 1. The van der Waals surface area contributed by atoms with Crippen LogP contribution in [0.15, 0.2) is 24.3 Å². The molecule has 0 saturated carbocycles. The van der Waals surface area contributed by atoms with Crippen molar-refractivity contribution in [3.8, 4) is 0 Å². The number of nitrogens with zero attached hydrogens (tertiary/aromatic N) is 1. The highest BCUT2D eigenvalue weighted by Gasteiger charge is 2.29. The molecular weight excluding hydrogens is 250 g/mol. The number of rotatable bonds is 4. The van der Waals surface area contributed by atoms with Crippen LogP contribution in [-0.2, 0) is 4.79 Å². The van der Waals surface area contributed by atoms with Gasteiger partial charge in [-0.3, -0.25) is 9.69 Å². The number of hydrogen-bond donors (Lipinski definition) is 2. The van der Waals surface area contributed by atoms with Crippen LogP contribution in [0, 0.1) is 12.8 Å². The van der Waals surface area contributed by atoms with E-state index in [4.69, 9.17) is 5.73 Å². The molecule has 0 aromatic heterocycles. The van der Waals surface area contributed by atoms with Gasteiger partial charge < -0.3 is 11.1 Å². The molecule has 20 heavy (non-hydrogen) atoms. The third kappa shape index (κ3) is 3.19. The number of nitrogens with one attached hydrogen (secondary N) is 1. The normalized spacial score (nSPS) is 21.4. The summed E-state index contributed by atoms with van der Waals surface area (Å²) in [5.41, 5.74) is 8.57. The predicted molar refractivity (Wildman–Crippen MR) is 81.3 cm³/mol. The lowest BCUT2D eigenvalue weighted by atomic mass is 9.93. The standard InChI is InChI=1S/C16H25N3O/c1-12-6-3-4-8-14(12)15(10-17)19-9-5-7-13(11-19)16(20)18-2/h3-4,6,8,13,15H,5,7,9-11,17H2,1-2H3,(H,18,20). The molecule has 2 rings (SSSR count). The molecule has 1 amide bonds. The monoisotopic (exact) mass is 275 g/mol. The van der Waals surface area contributed by atoms with E-state index in [0.29, 0.717) is 6.54 Å². The summed E-state index contributed by atoms with van der Waals surface area (Å²) in [5, 5.41) is 2.77. The lowest BCUT2D eigenvalue weighted by Crippen LogP contribution is -2.45. The lowest BCUT2D eigenvalue weighted by molar-refractivity contribution is -0.126. The topological polar surface area (TPSA) is 58.4 Å². The molecule has 1 saturated heterocycles. The molecule has 110 valence electrons. The Morgan fingerprint density at radius 2 is 2.25 bits per heavy atom. The fraction of sp³-hybridized carbons (Fsp3) is 0.562. The maximum Gasteiger partial charge on any atom is 0.224 e. The summed E-state index contributed by atoms with van der Waals surface area (Å²) in [7, 11) is 1.71. The summed E-state index contributed by atoms with van der Waals surface area (Å²) < 4.78 is 0. The summed E-state index contributed by atoms with van der Waals surface area (Å²) in [6, 6.07) is 8.60. The summed E-state index contributed by atoms with van der Waals surface area (Å²) in [6.07, 6.45) is 2.03. The van der Waals surface area contributed by atoms with Crippen molar-refractivity contribution in [2.75, 3.05) is 26.7 Å². The smallest absolute Gasteiger partial charge is 0.224 e. The van der Waals surface area contributed by atoms with E-state index in [2.05, 4.69) is 41.4 Å². The number of aryl methyl sites for hydroxylation is 1. The van der Waals surface area contributed by atoms with Gasteiger partial charge >= 0.3 is 0 Å². The van der Waals surface area contributed by atoms with Crippen LogP contribution >= 0.6 is 0 Å². The fourth-order valence-electron chi connectivity index (χ4n) is 3.14. The van der Waals surface area contributed by atoms with Crippen LogP contribution in [0.2, 0.25) is 0 Å². The molecule has 2 atom stereocenters. The number of likely N-dealkylation sites (tertiary alicyclic amines) is 1. The van der Waals surface area contributed by atoms with E-state index in [9.17, 15) is 4.79 Å². The van der Waals surface area contributed by atoms with Gasteiger partial charge in [-0.15, -0.1) is 0 Å². The van der Waals surface area contributed by atoms with E-state index in [1.165, 1.54) is 11.1 Å². The van der Waals surface area contributed by atoms with Gasteiger partial charge in [-0.1, -0.05) is 24.3 Å². The largest absolute Gasteiger partial charge is 0.359 e. The third-order valence-electron chi connectivity index (χ3n) is 4.28. The second kappa shape index (κ2) is 6.86. The number of amides is 1. The summed E-state index contributed by atoms with van der Waals surface area (Å²) in [5.74, 6) is 0.238. The maximum absolute atomic E-state index is 11.9. The molecule has 2 unspecified atom stereocenters. The zero-order chi connectivity index (χ0) is 14.5. The summed E-state index contributed by atoms with van der Waals surface area (Å²) >= 11 is 0. The van der Waals surface area contributed by atoms with Gasteiger partial charge in [-0.2, -0.15) is 0 Å². The number of hydrogen-bond acceptors (Lipinski definition) is 3. The number of carbonyl (C=O) groups is 1. The molecule has 0 spiro atoms. The Labute approximate surface area is 121 Å². The van der Waals surface area contributed by atoms with Crippen LogP contribution < -0.4 is 11.1 Å². The Morgan fingerprint density at radius 1 is 1.50 bits per heavy atom. The zero-order valence-corrected chi connectivity index (χ0v) is 12.4. The van der Waals surface area contributed by atoms with E-state index in [-0.39, 0.29) is 17.9 Å². The first kappa shape index (κ1) is 15.0. The van der Waals surface area contributed by atoms with E-state index in [1.54, 1.807) is 7.05 Å². The van der Waals surface area contributed by atoms with Crippen LogP contribution in [-0.4, -0.2) is 37.5 Å². The Hall–Kier alpha value is -1.39. The second-order valence-electron chi connectivity index (χ2n) is 5.56. The van der Waals surface area contributed by atoms with E-state index < -0.39 is 0 Å². The van der Waals surface area contributed by atoms with Gasteiger partial charge in [0, 0.05) is 26.2 Å². The lowest BCUT2D eigenvalue weighted by Gasteiger charge is -2.38. The van der Waals surface area contributed by atoms with E-state index in [0.717, 1.165) is 25.9 Å². The SMILES string of the molecule is CNC(=O)C1CCCN(C(CN)c2ccccc2C)C1. The Morgan fingerprint density at radius 3 is 2.90 bits per heavy atom. The van der Waals surface area contributed by atoms with Gasteiger partial charge in [-0.25, -0.2) is 0 Å². The Bertz CT molecular complexity index is 461. The van der Waals surface area contributed by atoms with Crippen molar-refractivity contribution in [1.82, 2.24) is 10.2 Å². The molecule has 4 nitrogen and oxygen atoms in total. The van der Waals surface area contributed by atoms with Crippen molar-refractivity contribution < 1.29 is 4.79 Å². The van der Waals surface area contributed by atoms with Crippen LogP contribution in [0.3, 0.4) is 0 Å². The van der Waals surface area contributed by atoms with Gasteiger partial charge in [0.25, 0.3) is 0 Å². The van der Waals surface area contributed by atoms with Gasteiger partial charge in [0.15, 0.2) is 0 Å². The van der Waals surface area contributed by atoms with E-state index in [1.807, 2.05) is 0 Å². The average molecular weight is 275 g/mol.